The first kappa shape index (κ1) is 9.27. The number of rotatable bonds is 2. The number of fused-ring (bicyclic) bond motifs is 1. The SMILES string of the molecule is CNCC12CC(C(F)(F)F)(CO1)C2. The van der Waals surface area contributed by atoms with Crippen molar-refractivity contribution in [2.45, 2.75) is 24.6 Å². The van der Waals surface area contributed by atoms with E-state index in [2.05, 4.69) is 5.32 Å². The highest BCUT2D eigenvalue weighted by molar-refractivity contribution is 5.14. The van der Waals surface area contributed by atoms with Crippen molar-refractivity contribution in [3.8, 4) is 0 Å². The Morgan fingerprint density at radius 2 is 2.00 bits per heavy atom. The maximum Gasteiger partial charge on any atom is 0.396 e. The third kappa shape index (κ3) is 1.10. The van der Waals surface area contributed by atoms with Crippen LogP contribution in [0.4, 0.5) is 13.2 Å². The molecule has 2 aliphatic heterocycles. The first-order valence-corrected chi connectivity index (χ1v) is 4.28. The molecular weight excluding hydrogens is 183 g/mol. The van der Waals surface area contributed by atoms with Crippen molar-refractivity contribution in [2.75, 3.05) is 20.2 Å². The third-order valence-corrected chi connectivity index (χ3v) is 3.08. The Morgan fingerprint density at radius 1 is 1.38 bits per heavy atom. The molecule has 2 heterocycles. The molecule has 0 radical (unpaired) electrons. The number of halogens is 3. The largest absolute Gasteiger partial charge is 0.396 e. The van der Waals surface area contributed by atoms with Gasteiger partial charge in [0.2, 0.25) is 0 Å². The van der Waals surface area contributed by atoms with Crippen LogP contribution in [0.1, 0.15) is 12.8 Å². The molecule has 0 amide bonds. The lowest BCUT2D eigenvalue weighted by Crippen LogP contribution is -2.55. The second-order valence-corrected chi connectivity index (χ2v) is 4.13. The molecule has 0 aromatic rings. The van der Waals surface area contributed by atoms with Crippen LogP contribution < -0.4 is 5.32 Å². The second kappa shape index (κ2) is 2.39. The van der Waals surface area contributed by atoms with Crippen LogP contribution in [-0.4, -0.2) is 32.0 Å². The Balaban J connectivity index is 2.06. The summed E-state index contributed by atoms with van der Waals surface area (Å²) in [6.07, 6.45) is -3.84. The van der Waals surface area contributed by atoms with E-state index in [4.69, 9.17) is 4.74 Å². The molecule has 13 heavy (non-hydrogen) atoms. The van der Waals surface area contributed by atoms with Crippen LogP contribution in [0.3, 0.4) is 0 Å². The van der Waals surface area contributed by atoms with Crippen LogP contribution >= 0.6 is 0 Å². The Morgan fingerprint density at radius 3 is 2.38 bits per heavy atom. The van der Waals surface area contributed by atoms with E-state index in [1.54, 1.807) is 7.05 Å². The summed E-state index contributed by atoms with van der Waals surface area (Å²) in [5, 5.41) is 2.86. The highest BCUT2D eigenvalue weighted by Crippen LogP contribution is 2.64. The van der Waals surface area contributed by atoms with E-state index in [-0.39, 0.29) is 19.4 Å². The predicted octanol–water partition coefficient (Wildman–Crippen LogP) is 1.32. The quantitative estimate of drug-likeness (QED) is 0.717. The number of likely N-dealkylation sites (N-methyl/N-ethyl adjacent to an activating group) is 1. The maximum absolute atomic E-state index is 12.5. The van der Waals surface area contributed by atoms with Gasteiger partial charge in [0.1, 0.15) is 0 Å². The van der Waals surface area contributed by atoms with Crippen molar-refractivity contribution in [1.29, 1.82) is 0 Å². The topological polar surface area (TPSA) is 21.3 Å². The standard InChI is InChI=1S/C8H12F3NO/c1-12-4-7-2-6(3-7,5-13-7)8(9,10)11/h12H,2-5H2,1H3. The van der Waals surface area contributed by atoms with Crippen molar-refractivity contribution < 1.29 is 17.9 Å². The summed E-state index contributed by atoms with van der Waals surface area (Å²) in [6.45, 7) is 0.364. The van der Waals surface area contributed by atoms with Crippen molar-refractivity contribution in [1.82, 2.24) is 5.32 Å². The molecule has 0 spiro atoms. The fraction of sp³-hybridized carbons (Fsp3) is 1.00. The van der Waals surface area contributed by atoms with Gasteiger partial charge < -0.3 is 10.1 Å². The Labute approximate surface area is 74.4 Å². The van der Waals surface area contributed by atoms with Gasteiger partial charge in [-0.3, -0.25) is 0 Å². The molecule has 2 nitrogen and oxygen atoms in total. The van der Waals surface area contributed by atoms with E-state index >= 15 is 0 Å². The van der Waals surface area contributed by atoms with Crippen molar-refractivity contribution in [3.05, 3.63) is 0 Å². The molecule has 3 fully saturated rings. The molecule has 5 heteroatoms. The van der Waals surface area contributed by atoms with E-state index in [0.717, 1.165) is 0 Å². The number of hydrogen-bond acceptors (Lipinski definition) is 2. The number of ether oxygens (including phenoxy) is 1. The number of nitrogens with one attached hydrogen (secondary N) is 1. The van der Waals surface area contributed by atoms with Gasteiger partial charge in [-0.15, -0.1) is 0 Å². The van der Waals surface area contributed by atoms with E-state index in [1.165, 1.54) is 0 Å². The lowest BCUT2D eigenvalue weighted by molar-refractivity contribution is -0.243. The van der Waals surface area contributed by atoms with E-state index in [9.17, 15) is 13.2 Å². The highest BCUT2D eigenvalue weighted by Gasteiger charge is 2.73. The summed E-state index contributed by atoms with van der Waals surface area (Å²) >= 11 is 0. The molecular formula is C8H12F3NO. The van der Waals surface area contributed by atoms with Crippen LogP contribution in [0, 0.1) is 5.41 Å². The minimum Gasteiger partial charge on any atom is -0.373 e. The van der Waals surface area contributed by atoms with Crippen LogP contribution in [-0.2, 0) is 4.74 Å². The molecule has 76 valence electrons. The Kier molecular flexibility index (Phi) is 1.70. The summed E-state index contributed by atoms with van der Waals surface area (Å²) in [5.74, 6) is 0. The molecule has 0 aromatic carbocycles. The maximum atomic E-state index is 12.5. The smallest absolute Gasteiger partial charge is 0.373 e. The van der Waals surface area contributed by atoms with Crippen LogP contribution in [0.15, 0.2) is 0 Å². The van der Waals surface area contributed by atoms with Gasteiger partial charge >= 0.3 is 6.18 Å². The fourth-order valence-electron chi connectivity index (χ4n) is 2.46. The molecule has 0 unspecified atom stereocenters. The molecule has 1 aliphatic carbocycles. The summed E-state index contributed by atoms with van der Waals surface area (Å²) in [5.41, 5.74) is -2.05. The molecule has 2 saturated heterocycles. The van der Waals surface area contributed by atoms with Gasteiger partial charge in [0.25, 0.3) is 0 Å². The second-order valence-electron chi connectivity index (χ2n) is 4.13. The molecule has 1 N–H and O–H groups in total. The molecule has 1 saturated carbocycles. The zero-order chi connectivity index (χ0) is 9.74. The average molecular weight is 195 g/mol. The van der Waals surface area contributed by atoms with Gasteiger partial charge in [-0.05, 0) is 19.9 Å². The summed E-state index contributed by atoms with van der Waals surface area (Å²) < 4.78 is 42.7. The summed E-state index contributed by atoms with van der Waals surface area (Å²) in [6, 6.07) is 0. The molecule has 2 bridgehead atoms. The van der Waals surface area contributed by atoms with E-state index in [0.29, 0.717) is 6.54 Å². The van der Waals surface area contributed by atoms with E-state index < -0.39 is 17.2 Å². The first-order valence-electron chi connectivity index (χ1n) is 4.28. The molecule has 0 aromatic heterocycles. The minimum atomic E-state index is -4.10. The monoisotopic (exact) mass is 195 g/mol. The Bertz CT molecular complexity index is 220. The average Bonchev–Trinajstić information content (AvgIpc) is 2.40. The van der Waals surface area contributed by atoms with Crippen molar-refractivity contribution >= 4 is 0 Å². The zero-order valence-electron chi connectivity index (χ0n) is 7.37. The van der Waals surface area contributed by atoms with Crippen LogP contribution in [0.25, 0.3) is 0 Å². The van der Waals surface area contributed by atoms with Gasteiger partial charge in [0, 0.05) is 6.54 Å². The lowest BCUT2D eigenvalue weighted by atomic mass is 9.62. The normalized spacial score (nSPS) is 43.4. The van der Waals surface area contributed by atoms with Gasteiger partial charge in [0.15, 0.2) is 0 Å². The Hall–Kier alpha value is -0.290. The minimum absolute atomic E-state index is 0.129. The van der Waals surface area contributed by atoms with Crippen LogP contribution in [0.5, 0.6) is 0 Å². The van der Waals surface area contributed by atoms with Crippen molar-refractivity contribution in [2.24, 2.45) is 5.41 Å². The van der Waals surface area contributed by atoms with Gasteiger partial charge in [0.05, 0.1) is 17.6 Å². The summed E-state index contributed by atoms with van der Waals surface area (Å²) in [7, 11) is 1.73. The van der Waals surface area contributed by atoms with Gasteiger partial charge in [-0.25, -0.2) is 0 Å². The molecule has 3 aliphatic rings. The zero-order valence-corrected chi connectivity index (χ0v) is 7.37. The van der Waals surface area contributed by atoms with Gasteiger partial charge in [-0.1, -0.05) is 0 Å². The fourth-order valence-corrected chi connectivity index (χ4v) is 2.46. The lowest BCUT2D eigenvalue weighted by Gasteiger charge is -2.45. The molecule has 3 rings (SSSR count). The van der Waals surface area contributed by atoms with Crippen LogP contribution in [0.2, 0.25) is 0 Å². The third-order valence-electron chi connectivity index (χ3n) is 3.08. The molecule has 0 atom stereocenters. The number of alkyl halides is 3. The predicted molar refractivity (Wildman–Crippen MR) is 40.3 cm³/mol. The van der Waals surface area contributed by atoms with Gasteiger partial charge in [-0.2, -0.15) is 13.2 Å². The number of hydrogen-bond donors (Lipinski definition) is 1. The highest BCUT2D eigenvalue weighted by atomic mass is 19.4. The van der Waals surface area contributed by atoms with E-state index in [1.807, 2.05) is 0 Å². The first-order chi connectivity index (χ1) is 5.93. The van der Waals surface area contributed by atoms with Crippen molar-refractivity contribution in [3.63, 3.8) is 0 Å². The summed E-state index contributed by atoms with van der Waals surface area (Å²) in [4.78, 5) is 0.